The standard InChI is InChI=1S/C36H31F4N5O4/c1-21(47)44-16-26(37)13-27(44)17-45-34-10-23(18-48-20-46)6-8-33(34)42-35(45)12-25-11-31(40)28(14-30(25)39)32-3-2-4-36(43-32)49-19-24-7-5-22(15-41)9-29(24)38/h2-11,14,26-27,46H,12-13,16-20H2,1H3/t26-,27-/m1/s1. The van der Waals surface area contributed by atoms with E-state index >= 15 is 8.78 Å². The maximum atomic E-state index is 15.7. The van der Waals surface area contributed by atoms with Gasteiger partial charge in [-0.05, 0) is 53.6 Å². The number of rotatable bonds is 11. The molecule has 0 saturated carbocycles. The number of carbonyl (C=O) groups is 1. The first-order valence-corrected chi connectivity index (χ1v) is 15.5. The molecular weight excluding hydrogens is 642 g/mol. The van der Waals surface area contributed by atoms with Gasteiger partial charge >= 0.3 is 0 Å². The summed E-state index contributed by atoms with van der Waals surface area (Å²) < 4.78 is 72.6. The van der Waals surface area contributed by atoms with E-state index in [0.29, 0.717) is 16.9 Å². The molecule has 5 aromatic rings. The van der Waals surface area contributed by atoms with E-state index in [1.807, 2.05) is 6.07 Å². The average molecular weight is 674 g/mol. The third-order valence-corrected chi connectivity index (χ3v) is 8.45. The van der Waals surface area contributed by atoms with E-state index in [-0.39, 0.29) is 78.9 Å². The van der Waals surface area contributed by atoms with E-state index in [2.05, 4.69) is 4.98 Å². The van der Waals surface area contributed by atoms with Crippen molar-refractivity contribution in [3.8, 4) is 23.2 Å². The number of ether oxygens (including phenoxy) is 2. The summed E-state index contributed by atoms with van der Waals surface area (Å²) in [5.74, 6) is -1.89. The minimum Gasteiger partial charge on any atom is -0.473 e. The van der Waals surface area contributed by atoms with Crippen LogP contribution in [0, 0.1) is 28.8 Å². The number of fused-ring (bicyclic) bond motifs is 1. The second kappa shape index (κ2) is 14.4. The molecule has 0 bridgehead atoms. The number of hydrogen-bond donors (Lipinski definition) is 1. The van der Waals surface area contributed by atoms with Gasteiger partial charge in [-0.3, -0.25) is 4.79 Å². The van der Waals surface area contributed by atoms with Gasteiger partial charge in [-0.15, -0.1) is 0 Å². The van der Waals surface area contributed by atoms with Gasteiger partial charge in [0.25, 0.3) is 0 Å². The summed E-state index contributed by atoms with van der Waals surface area (Å²) in [4.78, 5) is 22.8. The van der Waals surface area contributed by atoms with Crippen LogP contribution in [-0.4, -0.2) is 56.0 Å². The summed E-state index contributed by atoms with van der Waals surface area (Å²) >= 11 is 0. The van der Waals surface area contributed by atoms with Crippen LogP contribution in [-0.2, 0) is 35.7 Å². The summed E-state index contributed by atoms with van der Waals surface area (Å²) in [6.45, 7) is 0.997. The Kier molecular flexibility index (Phi) is 9.89. The average Bonchev–Trinajstić information content (AvgIpc) is 3.63. The van der Waals surface area contributed by atoms with Gasteiger partial charge in [0.2, 0.25) is 11.8 Å². The van der Waals surface area contributed by atoms with Crippen molar-refractivity contribution in [2.24, 2.45) is 0 Å². The molecule has 1 aliphatic heterocycles. The highest BCUT2D eigenvalue weighted by Crippen LogP contribution is 2.30. The van der Waals surface area contributed by atoms with Crippen molar-refractivity contribution in [2.75, 3.05) is 13.3 Å². The van der Waals surface area contributed by atoms with Crippen LogP contribution in [0.1, 0.15) is 41.4 Å². The Hall–Kier alpha value is -5.32. The molecule has 1 N–H and O–H groups in total. The number of aromatic nitrogens is 3. The SMILES string of the molecule is CC(=O)N1C[C@H](F)C[C@@H]1Cn1c(Cc2cc(F)c(-c3cccc(OCc4ccc(C#N)cc4F)n3)cc2F)nc2ccc(COCO)cc21. The minimum absolute atomic E-state index is 0.0172. The molecule has 9 nitrogen and oxygen atoms in total. The van der Waals surface area contributed by atoms with Gasteiger partial charge in [-0.1, -0.05) is 18.2 Å². The number of nitriles is 1. The lowest BCUT2D eigenvalue weighted by atomic mass is 10.0. The smallest absolute Gasteiger partial charge is 0.219 e. The van der Waals surface area contributed by atoms with E-state index < -0.39 is 36.5 Å². The van der Waals surface area contributed by atoms with Crippen LogP contribution >= 0.6 is 0 Å². The lowest BCUT2D eigenvalue weighted by Gasteiger charge is -2.24. The molecule has 13 heteroatoms. The van der Waals surface area contributed by atoms with E-state index in [9.17, 15) is 13.6 Å². The second-order valence-electron chi connectivity index (χ2n) is 11.8. The number of likely N-dealkylation sites (tertiary alicyclic amines) is 1. The van der Waals surface area contributed by atoms with Crippen molar-refractivity contribution in [1.82, 2.24) is 19.4 Å². The summed E-state index contributed by atoms with van der Waals surface area (Å²) in [7, 11) is 0. The van der Waals surface area contributed by atoms with Crippen molar-refractivity contribution >= 4 is 16.9 Å². The molecule has 1 amide bonds. The fourth-order valence-electron chi connectivity index (χ4n) is 6.06. The molecule has 2 aromatic heterocycles. The Labute approximate surface area is 279 Å². The minimum atomic E-state index is -1.19. The lowest BCUT2D eigenvalue weighted by Crippen LogP contribution is -2.37. The zero-order valence-corrected chi connectivity index (χ0v) is 26.4. The van der Waals surface area contributed by atoms with Gasteiger partial charge in [0.05, 0.1) is 47.6 Å². The first-order valence-electron chi connectivity index (χ1n) is 15.5. The number of pyridine rings is 1. The van der Waals surface area contributed by atoms with Crippen LogP contribution in [0.5, 0.6) is 5.88 Å². The van der Waals surface area contributed by atoms with Gasteiger partial charge in [-0.25, -0.2) is 27.5 Å². The van der Waals surface area contributed by atoms with Gasteiger partial charge in [0, 0.05) is 43.5 Å². The molecule has 1 aliphatic rings. The monoisotopic (exact) mass is 673 g/mol. The van der Waals surface area contributed by atoms with E-state index in [1.165, 1.54) is 36.1 Å². The molecule has 2 atom stereocenters. The Balaban J connectivity index is 1.28. The van der Waals surface area contributed by atoms with Gasteiger partial charge < -0.3 is 24.0 Å². The molecule has 3 aromatic carbocycles. The number of benzene rings is 3. The Morgan fingerprint density at radius 1 is 1.00 bits per heavy atom. The first kappa shape index (κ1) is 33.6. The van der Waals surface area contributed by atoms with Crippen LogP contribution in [0.2, 0.25) is 0 Å². The number of alkyl halides is 1. The van der Waals surface area contributed by atoms with Gasteiger partial charge in [-0.2, -0.15) is 5.26 Å². The third kappa shape index (κ3) is 7.40. The van der Waals surface area contributed by atoms with Gasteiger partial charge in [0.1, 0.15) is 42.8 Å². The van der Waals surface area contributed by atoms with Crippen molar-refractivity contribution in [2.45, 2.75) is 51.7 Å². The van der Waals surface area contributed by atoms with E-state index in [1.54, 1.807) is 28.8 Å². The Bertz CT molecular complexity index is 2060. The number of carbonyl (C=O) groups excluding carboxylic acids is 1. The number of aliphatic hydroxyl groups excluding tert-OH is 1. The first-order chi connectivity index (χ1) is 23.6. The number of nitrogens with zero attached hydrogens (tertiary/aromatic N) is 5. The highest BCUT2D eigenvalue weighted by Gasteiger charge is 2.34. The lowest BCUT2D eigenvalue weighted by molar-refractivity contribution is -0.130. The largest absolute Gasteiger partial charge is 0.473 e. The number of amides is 1. The number of hydrogen-bond acceptors (Lipinski definition) is 7. The molecule has 1 saturated heterocycles. The third-order valence-electron chi connectivity index (χ3n) is 8.45. The molecule has 49 heavy (non-hydrogen) atoms. The van der Waals surface area contributed by atoms with Gasteiger partial charge in [0.15, 0.2) is 0 Å². The Morgan fingerprint density at radius 2 is 1.82 bits per heavy atom. The summed E-state index contributed by atoms with van der Waals surface area (Å²) in [5, 5.41) is 18.0. The molecule has 1 fully saturated rings. The van der Waals surface area contributed by atoms with Crippen LogP contribution in [0.4, 0.5) is 17.6 Å². The topological polar surface area (TPSA) is 114 Å². The number of halogens is 4. The fourth-order valence-corrected chi connectivity index (χ4v) is 6.06. The highest BCUT2D eigenvalue weighted by atomic mass is 19.1. The van der Waals surface area contributed by atoms with Crippen molar-refractivity contribution < 1.29 is 36.9 Å². The fraction of sp³-hybridized carbons (Fsp3) is 0.278. The second-order valence-corrected chi connectivity index (χ2v) is 11.8. The number of imidazole rings is 1. The zero-order valence-electron chi connectivity index (χ0n) is 26.4. The van der Waals surface area contributed by atoms with Crippen LogP contribution in [0.25, 0.3) is 22.3 Å². The predicted molar refractivity (Wildman–Crippen MR) is 170 cm³/mol. The maximum Gasteiger partial charge on any atom is 0.219 e. The molecular formula is C36H31F4N5O4. The summed E-state index contributed by atoms with van der Waals surface area (Å²) in [5.41, 5.74) is 2.29. The van der Waals surface area contributed by atoms with E-state index in [0.717, 1.165) is 23.8 Å². The Morgan fingerprint density at radius 3 is 2.57 bits per heavy atom. The van der Waals surface area contributed by atoms with Crippen LogP contribution < -0.4 is 4.74 Å². The van der Waals surface area contributed by atoms with Crippen molar-refractivity contribution in [1.29, 1.82) is 5.26 Å². The summed E-state index contributed by atoms with van der Waals surface area (Å²) in [6, 6.07) is 17.3. The molecule has 0 spiro atoms. The van der Waals surface area contributed by atoms with Crippen molar-refractivity contribution in [3.63, 3.8) is 0 Å². The molecule has 0 aliphatic carbocycles. The molecule has 252 valence electrons. The van der Waals surface area contributed by atoms with Crippen LogP contribution in [0.3, 0.4) is 0 Å². The van der Waals surface area contributed by atoms with Crippen LogP contribution in [0.15, 0.2) is 66.7 Å². The predicted octanol–water partition coefficient (Wildman–Crippen LogP) is 5.98. The number of aliphatic hydroxyl groups is 1. The maximum absolute atomic E-state index is 15.7. The summed E-state index contributed by atoms with van der Waals surface area (Å²) in [6.07, 6.45) is -1.17. The molecule has 6 rings (SSSR count). The highest BCUT2D eigenvalue weighted by molar-refractivity contribution is 5.77. The molecule has 3 heterocycles. The normalized spacial score (nSPS) is 15.9. The van der Waals surface area contributed by atoms with E-state index in [4.69, 9.17) is 24.8 Å². The molecule has 0 unspecified atom stereocenters. The zero-order chi connectivity index (χ0) is 34.7. The van der Waals surface area contributed by atoms with Crippen molar-refractivity contribution in [3.05, 3.63) is 112 Å². The quantitative estimate of drug-likeness (QED) is 0.136. The molecule has 0 radical (unpaired) electrons.